The maximum Gasteiger partial charge on any atom is 0.433 e. The number of rotatable bonds is 3. The zero-order valence-corrected chi connectivity index (χ0v) is 9.01. The van der Waals surface area contributed by atoms with E-state index in [9.17, 15) is 13.2 Å². The molecular weight excluding hydrogens is 221 g/mol. The molecule has 0 saturated heterocycles. The highest BCUT2D eigenvalue weighted by Gasteiger charge is 2.33. The minimum atomic E-state index is -4.48. The van der Waals surface area contributed by atoms with Crippen LogP contribution < -0.4 is 10.5 Å². The van der Waals surface area contributed by atoms with E-state index < -0.39 is 11.9 Å². The molecule has 0 fully saturated rings. The summed E-state index contributed by atoms with van der Waals surface area (Å²) in [5.41, 5.74) is 4.57. The summed E-state index contributed by atoms with van der Waals surface area (Å²) in [7, 11) is 0. The minimum absolute atomic E-state index is 0.0241. The first-order chi connectivity index (χ1) is 7.30. The van der Waals surface area contributed by atoms with Crippen molar-refractivity contribution in [3.8, 4) is 5.75 Å². The molecule has 1 rings (SSSR count). The zero-order valence-electron chi connectivity index (χ0n) is 9.01. The molecule has 0 aliphatic rings. The predicted molar refractivity (Wildman–Crippen MR) is 54.0 cm³/mol. The van der Waals surface area contributed by atoms with Crippen LogP contribution in [-0.4, -0.2) is 11.6 Å². The van der Waals surface area contributed by atoms with Gasteiger partial charge in [-0.2, -0.15) is 13.2 Å². The number of ether oxygens (including phenoxy) is 1. The highest BCUT2D eigenvalue weighted by molar-refractivity contribution is 5.51. The molecule has 0 saturated carbocycles. The Kier molecular flexibility index (Phi) is 3.62. The van der Waals surface area contributed by atoms with Crippen LogP contribution in [0.4, 0.5) is 18.9 Å². The van der Waals surface area contributed by atoms with Gasteiger partial charge in [-0.3, -0.25) is 0 Å². The molecular formula is C10H13F3N2O. The van der Waals surface area contributed by atoms with Crippen LogP contribution in [0.3, 0.4) is 0 Å². The van der Waals surface area contributed by atoms with Gasteiger partial charge < -0.3 is 10.5 Å². The lowest BCUT2D eigenvalue weighted by Crippen LogP contribution is -2.11. The van der Waals surface area contributed by atoms with Crippen molar-refractivity contribution in [1.82, 2.24) is 4.98 Å². The second-order valence-corrected chi connectivity index (χ2v) is 3.81. The van der Waals surface area contributed by atoms with E-state index in [4.69, 9.17) is 10.5 Å². The Morgan fingerprint density at radius 1 is 1.44 bits per heavy atom. The second kappa shape index (κ2) is 4.59. The number of nitrogens with two attached hydrogens (primary N) is 1. The molecule has 0 aliphatic carbocycles. The van der Waals surface area contributed by atoms with Crippen molar-refractivity contribution in [1.29, 1.82) is 0 Å². The summed E-state index contributed by atoms with van der Waals surface area (Å²) in [5.74, 6) is 0.234. The lowest BCUT2D eigenvalue weighted by Gasteiger charge is -2.12. The van der Waals surface area contributed by atoms with Crippen molar-refractivity contribution in [2.45, 2.75) is 20.0 Å². The molecule has 0 amide bonds. The number of alkyl halides is 3. The first-order valence-electron chi connectivity index (χ1n) is 4.76. The Balaban J connectivity index is 2.91. The van der Waals surface area contributed by atoms with Gasteiger partial charge in [-0.25, -0.2) is 4.98 Å². The number of halogens is 3. The summed E-state index contributed by atoms with van der Waals surface area (Å²) in [4.78, 5) is 3.21. The standard InChI is InChI=1S/C10H13F3N2O/c1-6(2)5-16-8-3-9(10(11,12)13)15-4-7(8)14/h3-4,6H,5,14H2,1-2H3. The maximum absolute atomic E-state index is 12.3. The van der Waals surface area contributed by atoms with Crippen LogP contribution in [0, 0.1) is 5.92 Å². The number of hydrogen-bond donors (Lipinski definition) is 1. The third-order valence-corrected chi connectivity index (χ3v) is 1.76. The third-order valence-electron chi connectivity index (χ3n) is 1.76. The van der Waals surface area contributed by atoms with Crippen molar-refractivity contribution >= 4 is 5.69 Å². The van der Waals surface area contributed by atoms with Crippen LogP contribution in [0.15, 0.2) is 12.3 Å². The second-order valence-electron chi connectivity index (χ2n) is 3.81. The molecule has 16 heavy (non-hydrogen) atoms. The van der Waals surface area contributed by atoms with Crippen molar-refractivity contribution in [3.63, 3.8) is 0 Å². The molecule has 0 unspecified atom stereocenters. The fraction of sp³-hybridized carbons (Fsp3) is 0.500. The van der Waals surface area contributed by atoms with Gasteiger partial charge in [0.2, 0.25) is 0 Å². The first-order valence-corrected chi connectivity index (χ1v) is 4.76. The number of pyridine rings is 1. The van der Waals surface area contributed by atoms with Crippen LogP contribution in [0.5, 0.6) is 5.75 Å². The fourth-order valence-electron chi connectivity index (χ4n) is 0.984. The monoisotopic (exact) mass is 234 g/mol. The van der Waals surface area contributed by atoms with E-state index in [2.05, 4.69) is 4.98 Å². The largest absolute Gasteiger partial charge is 0.491 e. The summed E-state index contributed by atoms with van der Waals surface area (Å²) in [6.45, 7) is 4.09. The molecule has 0 spiro atoms. The molecule has 90 valence electrons. The van der Waals surface area contributed by atoms with E-state index in [1.165, 1.54) is 0 Å². The molecule has 0 radical (unpaired) electrons. The number of anilines is 1. The number of nitrogens with zero attached hydrogens (tertiary/aromatic N) is 1. The molecule has 0 aromatic carbocycles. The summed E-state index contributed by atoms with van der Waals surface area (Å²) < 4.78 is 42.2. The van der Waals surface area contributed by atoms with Crippen molar-refractivity contribution < 1.29 is 17.9 Å². The average molecular weight is 234 g/mol. The van der Waals surface area contributed by atoms with Gasteiger partial charge in [-0.1, -0.05) is 13.8 Å². The summed E-state index contributed by atoms with van der Waals surface area (Å²) in [5, 5.41) is 0. The Morgan fingerprint density at radius 3 is 2.56 bits per heavy atom. The van der Waals surface area contributed by atoms with Crippen LogP contribution in [0.1, 0.15) is 19.5 Å². The quantitative estimate of drug-likeness (QED) is 0.874. The summed E-state index contributed by atoms with van der Waals surface area (Å²) in [6.07, 6.45) is -3.53. The molecule has 1 aromatic rings. The molecule has 1 heterocycles. The molecule has 2 N–H and O–H groups in total. The fourth-order valence-corrected chi connectivity index (χ4v) is 0.984. The van der Waals surface area contributed by atoms with E-state index in [1.807, 2.05) is 13.8 Å². The Morgan fingerprint density at radius 2 is 2.06 bits per heavy atom. The van der Waals surface area contributed by atoms with Crippen LogP contribution in [0.25, 0.3) is 0 Å². The van der Waals surface area contributed by atoms with E-state index in [0.29, 0.717) is 6.61 Å². The Labute approximate surface area is 91.4 Å². The topological polar surface area (TPSA) is 48.1 Å². The predicted octanol–water partition coefficient (Wildman–Crippen LogP) is 2.72. The molecule has 0 atom stereocenters. The molecule has 3 nitrogen and oxygen atoms in total. The van der Waals surface area contributed by atoms with Crippen LogP contribution >= 0.6 is 0 Å². The van der Waals surface area contributed by atoms with Gasteiger partial charge >= 0.3 is 6.18 Å². The van der Waals surface area contributed by atoms with Crippen molar-refractivity contribution in [2.75, 3.05) is 12.3 Å². The van der Waals surface area contributed by atoms with Crippen LogP contribution in [0.2, 0.25) is 0 Å². The Hall–Kier alpha value is -1.46. The molecule has 0 aliphatic heterocycles. The number of aromatic nitrogens is 1. The summed E-state index contributed by atoms with van der Waals surface area (Å²) >= 11 is 0. The highest BCUT2D eigenvalue weighted by atomic mass is 19.4. The van der Waals surface area contributed by atoms with E-state index in [-0.39, 0.29) is 17.4 Å². The molecule has 1 aromatic heterocycles. The van der Waals surface area contributed by atoms with Gasteiger partial charge in [0.15, 0.2) is 0 Å². The average Bonchev–Trinajstić information content (AvgIpc) is 2.14. The van der Waals surface area contributed by atoms with Crippen molar-refractivity contribution in [3.05, 3.63) is 18.0 Å². The van der Waals surface area contributed by atoms with E-state index >= 15 is 0 Å². The van der Waals surface area contributed by atoms with Gasteiger partial charge in [0.1, 0.15) is 11.4 Å². The van der Waals surface area contributed by atoms with Gasteiger partial charge in [0.25, 0.3) is 0 Å². The first kappa shape index (κ1) is 12.6. The lowest BCUT2D eigenvalue weighted by molar-refractivity contribution is -0.141. The van der Waals surface area contributed by atoms with E-state index in [0.717, 1.165) is 12.3 Å². The summed E-state index contributed by atoms with van der Waals surface area (Å²) in [6, 6.07) is 0.817. The Bertz CT molecular complexity index is 364. The lowest BCUT2D eigenvalue weighted by atomic mass is 10.2. The number of nitrogen functional groups attached to an aromatic ring is 1. The molecule has 6 heteroatoms. The molecule has 0 bridgehead atoms. The minimum Gasteiger partial charge on any atom is -0.491 e. The van der Waals surface area contributed by atoms with Gasteiger partial charge in [-0.15, -0.1) is 0 Å². The smallest absolute Gasteiger partial charge is 0.433 e. The SMILES string of the molecule is CC(C)COc1cc(C(F)(F)F)ncc1N. The van der Waals surface area contributed by atoms with Gasteiger partial charge in [0.05, 0.1) is 18.5 Å². The number of hydrogen-bond acceptors (Lipinski definition) is 3. The maximum atomic E-state index is 12.3. The van der Waals surface area contributed by atoms with Gasteiger partial charge in [-0.05, 0) is 5.92 Å². The van der Waals surface area contributed by atoms with Crippen LogP contribution in [-0.2, 0) is 6.18 Å². The zero-order chi connectivity index (χ0) is 12.3. The third kappa shape index (κ3) is 3.29. The van der Waals surface area contributed by atoms with Crippen molar-refractivity contribution in [2.24, 2.45) is 5.92 Å². The highest BCUT2D eigenvalue weighted by Crippen LogP contribution is 2.32. The van der Waals surface area contributed by atoms with E-state index in [1.54, 1.807) is 0 Å². The van der Waals surface area contributed by atoms with Gasteiger partial charge in [0, 0.05) is 6.07 Å². The normalized spacial score (nSPS) is 11.9.